The number of nitriles is 1. The summed E-state index contributed by atoms with van der Waals surface area (Å²) in [5.41, 5.74) is 6.38. The second kappa shape index (κ2) is 8.30. The van der Waals surface area contributed by atoms with Crippen LogP contribution in [-0.4, -0.2) is 52.6 Å². The maximum Gasteiger partial charge on any atom is 0.254 e. The van der Waals surface area contributed by atoms with Crippen LogP contribution in [0, 0.1) is 23.2 Å². The van der Waals surface area contributed by atoms with Crippen molar-refractivity contribution in [2.45, 2.75) is 82.2 Å². The summed E-state index contributed by atoms with van der Waals surface area (Å²) in [6, 6.07) is 8.94. The fourth-order valence-corrected chi connectivity index (χ4v) is 6.49. The van der Waals surface area contributed by atoms with Gasteiger partial charge in [0.15, 0.2) is 0 Å². The highest BCUT2D eigenvalue weighted by molar-refractivity contribution is 5.99. The first-order valence-corrected chi connectivity index (χ1v) is 12.5. The van der Waals surface area contributed by atoms with Gasteiger partial charge in [0, 0.05) is 42.5 Å². The highest BCUT2D eigenvalue weighted by Crippen LogP contribution is 2.41. The number of carbonyl (C=O) groups excluding carboxylic acids is 2. The van der Waals surface area contributed by atoms with E-state index in [1.807, 2.05) is 17.0 Å². The van der Waals surface area contributed by atoms with Gasteiger partial charge in [0.2, 0.25) is 5.91 Å². The fraction of sp³-hybridized carbons (Fsp3) is 0.640. The molecule has 2 saturated heterocycles. The average Bonchev–Trinajstić information content (AvgIpc) is 3.23. The van der Waals surface area contributed by atoms with E-state index in [-0.39, 0.29) is 36.0 Å². The number of hydrogen-bond donors (Lipinski definition) is 3. The van der Waals surface area contributed by atoms with Crippen LogP contribution in [0.25, 0.3) is 0 Å². The normalized spacial score (nSPS) is 30.6. The number of piperidine rings is 1. The van der Waals surface area contributed by atoms with Gasteiger partial charge in [-0.1, -0.05) is 12.8 Å². The van der Waals surface area contributed by atoms with Crippen molar-refractivity contribution in [3.05, 3.63) is 29.3 Å². The van der Waals surface area contributed by atoms with E-state index < -0.39 is 0 Å². The monoisotopic (exact) mass is 448 g/mol. The summed E-state index contributed by atoms with van der Waals surface area (Å²) < 4.78 is 0. The number of anilines is 1. The van der Waals surface area contributed by atoms with Crippen molar-refractivity contribution < 1.29 is 9.59 Å². The molecule has 33 heavy (non-hydrogen) atoms. The largest absolute Gasteiger partial charge is 0.368 e. The number of hydrogen-bond acceptors (Lipinski definition) is 6. The van der Waals surface area contributed by atoms with Crippen LogP contribution in [0.1, 0.15) is 67.3 Å². The van der Waals surface area contributed by atoms with Crippen LogP contribution in [0.4, 0.5) is 5.69 Å². The molecule has 3 heterocycles. The minimum atomic E-state index is -0.240. The van der Waals surface area contributed by atoms with Crippen LogP contribution in [-0.2, 0) is 11.3 Å². The summed E-state index contributed by atoms with van der Waals surface area (Å²) in [5, 5.41) is 18.2. The van der Waals surface area contributed by atoms with Gasteiger partial charge in [-0.05, 0) is 61.8 Å². The summed E-state index contributed by atoms with van der Waals surface area (Å²) in [7, 11) is 0. The Hall–Kier alpha value is -2.63. The van der Waals surface area contributed by atoms with E-state index in [1.54, 1.807) is 0 Å². The Balaban J connectivity index is 1.22. The molecule has 4 fully saturated rings. The molecule has 0 radical (unpaired) electrons. The number of nitrogens with one attached hydrogen (secondary N) is 3. The predicted molar refractivity (Wildman–Crippen MR) is 123 cm³/mol. The highest BCUT2D eigenvalue weighted by atomic mass is 16.2. The summed E-state index contributed by atoms with van der Waals surface area (Å²) in [4.78, 5) is 27.8. The Morgan fingerprint density at radius 3 is 2.73 bits per heavy atom. The Labute approximate surface area is 194 Å². The second-order valence-electron chi connectivity index (χ2n) is 10.3. The Kier molecular flexibility index (Phi) is 5.27. The minimum Gasteiger partial charge on any atom is -0.368 e. The molecule has 5 aliphatic rings. The van der Waals surface area contributed by atoms with Crippen LogP contribution in [0.2, 0.25) is 0 Å². The molecule has 4 atom stereocenters. The van der Waals surface area contributed by atoms with Crippen molar-refractivity contribution in [3.8, 4) is 6.07 Å². The first kappa shape index (κ1) is 20.9. The number of benzene rings is 1. The topological polar surface area (TPSA) is 100 Å². The van der Waals surface area contributed by atoms with E-state index >= 15 is 0 Å². The molecule has 8 nitrogen and oxygen atoms in total. The van der Waals surface area contributed by atoms with Crippen LogP contribution < -0.4 is 16.1 Å². The molecular formula is C25H32N6O2. The standard InChI is InChI=1S/C25H32N6O2/c26-11-9-20(15-5-6-15)31-21-10-12-27-24(32)22(21)23(29-31)28-17-7-8-19-16(13-17)14-30(25(19)33)18-3-1-2-4-18/h7-8,13,15,18,20-23,28-29H,1-6,9-10,12,14H2,(H,27,32)/t20-,21?,22?,23?/m0/s1. The number of nitrogens with zero attached hydrogens (tertiary/aromatic N) is 3. The SMILES string of the molecule is N#CC[C@@H](C1CC1)N1NC(Nc2ccc3c(c2)CN(C2CCCC2)C3=O)C2C(=O)NCCC21. The number of fused-ring (bicyclic) bond motifs is 2. The van der Waals surface area contributed by atoms with Gasteiger partial charge in [-0.3, -0.25) is 9.59 Å². The lowest BCUT2D eigenvalue weighted by Gasteiger charge is -2.34. The zero-order valence-electron chi connectivity index (χ0n) is 18.9. The van der Waals surface area contributed by atoms with Crippen molar-refractivity contribution in [1.29, 1.82) is 5.26 Å². The first-order valence-electron chi connectivity index (χ1n) is 12.5. The maximum absolute atomic E-state index is 12.9. The van der Waals surface area contributed by atoms with E-state index in [4.69, 9.17) is 0 Å². The van der Waals surface area contributed by atoms with E-state index in [9.17, 15) is 14.9 Å². The molecular weight excluding hydrogens is 416 g/mol. The third-order valence-electron chi connectivity index (χ3n) is 8.31. The summed E-state index contributed by atoms with van der Waals surface area (Å²) in [5.74, 6) is 0.538. The van der Waals surface area contributed by atoms with Gasteiger partial charge in [-0.15, -0.1) is 0 Å². The van der Waals surface area contributed by atoms with Gasteiger partial charge in [0.25, 0.3) is 5.91 Å². The van der Waals surface area contributed by atoms with E-state index in [2.05, 4.69) is 33.2 Å². The van der Waals surface area contributed by atoms with E-state index in [0.29, 0.717) is 31.5 Å². The van der Waals surface area contributed by atoms with Crippen LogP contribution >= 0.6 is 0 Å². The number of amides is 2. The summed E-state index contributed by atoms with van der Waals surface area (Å²) in [6.07, 6.45) is 8.06. The quantitative estimate of drug-likeness (QED) is 0.618. The fourth-order valence-electron chi connectivity index (χ4n) is 6.49. The van der Waals surface area contributed by atoms with Crippen molar-refractivity contribution in [2.75, 3.05) is 11.9 Å². The van der Waals surface area contributed by atoms with Crippen molar-refractivity contribution in [3.63, 3.8) is 0 Å². The van der Waals surface area contributed by atoms with Gasteiger partial charge < -0.3 is 15.5 Å². The number of carbonyl (C=O) groups is 2. The van der Waals surface area contributed by atoms with E-state index in [0.717, 1.165) is 48.9 Å². The minimum absolute atomic E-state index is 0.0639. The first-order chi connectivity index (χ1) is 16.1. The van der Waals surface area contributed by atoms with Crippen LogP contribution in [0.15, 0.2) is 18.2 Å². The summed E-state index contributed by atoms with van der Waals surface area (Å²) in [6.45, 7) is 1.35. The zero-order chi connectivity index (χ0) is 22.5. The van der Waals surface area contributed by atoms with E-state index in [1.165, 1.54) is 12.8 Å². The molecule has 0 spiro atoms. The van der Waals surface area contributed by atoms with Gasteiger partial charge >= 0.3 is 0 Å². The van der Waals surface area contributed by atoms with Crippen molar-refractivity contribution >= 4 is 17.5 Å². The maximum atomic E-state index is 12.9. The number of rotatable bonds is 6. The second-order valence-corrected chi connectivity index (χ2v) is 10.3. The summed E-state index contributed by atoms with van der Waals surface area (Å²) >= 11 is 0. The molecule has 6 rings (SSSR count). The Morgan fingerprint density at radius 2 is 1.97 bits per heavy atom. The van der Waals surface area contributed by atoms with Gasteiger partial charge in [-0.2, -0.15) is 5.26 Å². The zero-order valence-corrected chi connectivity index (χ0v) is 18.9. The molecule has 174 valence electrons. The molecule has 8 heteroatoms. The molecule has 3 unspecified atom stereocenters. The smallest absolute Gasteiger partial charge is 0.254 e. The average molecular weight is 449 g/mol. The van der Waals surface area contributed by atoms with Crippen molar-refractivity contribution in [2.24, 2.45) is 11.8 Å². The molecule has 2 amide bonds. The lowest BCUT2D eigenvalue weighted by Crippen LogP contribution is -2.52. The molecule has 1 aromatic carbocycles. The molecule has 3 N–H and O–H groups in total. The number of hydrazine groups is 1. The molecule has 2 saturated carbocycles. The van der Waals surface area contributed by atoms with Crippen molar-refractivity contribution in [1.82, 2.24) is 20.7 Å². The predicted octanol–water partition coefficient (Wildman–Crippen LogP) is 2.34. The van der Waals surface area contributed by atoms with Crippen LogP contribution in [0.5, 0.6) is 0 Å². The third-order valence-corrected chi connectivity index (χ3v) is 8.31. The molecule has 3 aliphatic heterocycles. The van der Waals surface area contributed by atoms with Gasteiger partial charge in [-0.25, -0.2) is 10.4 Å². The Morgan fingerprint density at radius 1 is 1.15 bits per heavy atom. The van der Waals surface area contributed by atoms with Gasteiger partial charge in [0.05, 0.1) is 18.4 Å². The lowest BCUT2D eigenvalue weighted by molar-refractivity contribution is -0.128. The Bertz CT molecular complexity index is 995. The molecule has 1 aromatic rings. The van der Waals surface area contributed by atoms with Crippen LogP contribution in [0.3, 0.4) is 0 Å². The lowest BCUT2D eigenvalue weighted by atomic mass is 9.90. The molecule has 2 aliphatic carbocycles. The highest BCUT2D eigenvalue weighted by Gasteiger charge is 2.52. The molecule has 0 aromatic heterocycles. The molecule has 0 bridgehead atoms. The third kappa shape index (κ3) is 3.68. The van der Waals surface area contributed by atoms with Gasteiger partial charge in [0.1, 0.15) is 6.17 Å².